The van der Waals surface area contributed by atoms with Gasteiger partial charge in [-0.05, 0) is 17.7 Å². The largest absolute Gasteiger partial charge is 0.355 e. The zero-order chi connectivity index (χ0) is 14.3. The van der Waals surface area contributed by atoms with Crippen LogP contribution < -0.4 is 15.8 Å². The Morgan fingerprint density at radius 2 is 1.70 bits per heavy atom. The second kappa shape index (κ2) is 4.81. The van der Waals surface area contributed by atoms with Gasteiger partial charge >= 0.3 is 16.5 Å². The summed E-state index contributed by atoms with van der Waals surface area (Å²) < 4.78 is 1.58. The molecule has 0 radical (unpaired) electrons. The lowest BCUT2D eigenvalue weighted by Gasteiger charge is -1.99. The standard InChI is InChI=1S/C12H8Cl2N4O2/c13-7-3-1-6(2-4-7)5-18-8-9(15-11(18)14)16-12(20)17-10(8)19/h1-4H,5H2,(H2,16,17,19,20)/p+1. The number of hydrogen-bond acceptors (Lipinski definition) is 2. The van der Waals surface area contributed by atoms with Crippen molar-refractivity contribution in [2.75, 3.05) is 0 Å². The molecule has 3 rings (SSSR count). The van der Waals surface area contributed by atoms with Crippen molar-refractivity contribution in [3.05, 3.63) is 61.0 Å². The minimum Gasteiger partial charge on any atom is -0.270 e. The van der Waals surface area contributed by atoms with Gasteiger partial charge in [-0.3, -0.25) is 14.8 Å². The maximum Gasteiger partial charge on any atom is 0.355 e. The maximum absolute atomic E-state index is 11.9. The molecule has 20 heavy (non-hydrogen) atoms. The second-order valence-electron chi connectivity index (χ2n) is 4.26. The first-order valence-corrected chi connectivity index (χ1v) is 6.48. The highest BCUT2D eigenvalue weighted by atomic mass is 35.5. The lowest BCUT2D eigenvalue weighted by Crippen LogP contribution is -2.39. The number of H-pyrrole nitrogens is 3. The summed E-state index contributed by atoms with van der Waals surface area (Å²) in [5, 5.41) is 0.883. The molecule has 0 aliphatic rings. The summed E-state index contributed by atoms with van der Waals surface area (Å²) in [5.41, 5.74) is 0.412. The number of halogens is 2. The Hall–Kier alpha value is -2.05. The molecule has 3 aromatic rings. The van der Waals surface area contributed by atoms with Crippen LogP contribution >= 0.6 is 23.2 Å². The fourth-order valence-electron chi connectivity index (χ4n) is 2.02. The van der Waals surface area contributed by atoms with E-state index < -0.39 is 11.2 Å². The zero-order valence-corrected chi connectivity index (χ0v) is 11.5. The van der Waals surface area contributed by atoms with E-state index in [-0.39, 0.29) is 16.4 Å². The van der Waals surface area contributed by atoms with Crippen LogP contribution in [-0.2, 0) is 6.54 Å². The molecule has 6 nitrogen and oxygen atoms in total. The molecule has 0 spiro atoms. The molecule has 0 aliphatic carbocycles. The van der Waals surface area contributed by atoms with Gasteiger partial charge in [0.25, 0.3) is 11.2 Å². The fourth-order valence-corrected chi connectivity index (χ4v) is 2.38. The first-order chi connectivity index (χ1) is 9.54. The molecular formula is C12H9Cl2N4O2+. The van der Waals surface area contributed by atoms with Crippen LogP contribution in [0.25, 0.3) is 11.2 Å². The topological polar surface area (TPSA) is 85.4 Å². The summed E-state index contributed by atoms with van der Waals surface area (Å²) in [4.78, 5) is 30.5. The van der Waals surface area contributed by atoms with Gasteiger partial charge in [-0.1, -0.05) is 23.7 Å². The number of aromatic amines is 3. The Morgan fingerprint density at radius 3 is 2.40 bits per heavy atom. The van der Waals surface area contributed by atoms with Crippen LogP contribution in [-0.4, -0.2) is 15.0 Å². The Bertz CT molecular complexity index is 892. The first-order valence-electron chi connectivity index (χ1n) is 5.72. The Labute approximate surface area is 122 Å². The van der Waals surface area contributed by atoms with Crippen molar-refractivity contribution in [2.24, 2.45) is 0 Å². The van der Waals surface area contributed by atoms with Gasteiger partial charge in [-0.2, -0.15) is 0 Å². The fraction of sp³-hybridized carbons (Fsp3) is 0.0833. The van der Waals surface area contributed by atoms with Crippen LogP contribution in [0.3, 0.4) is 0 Å². The lowest BCUT2D eigenvalue weighted by molar-refractivity contribution is -0.660. The van der Waals surface area contributed by atoms with Crippen LogP contribution in [0, 0.1) is 0 Å². The number of hydrogen-bond donors (Lipinski definition) is 3. The third-order valence-electron chi connectivity index (χ3n) is 2.91. The van der Waals surface area contributed by atoms with Gasteiger partial charge in [0.1, 0.15) is 6.54 Å². The summed E-state index contributed by atoms with van der Waals surface area (Å²) in [6, 6.07) is 7.19. The normalized spacial score (nSPS) is 11.1. The predicted octanol–water partition coefficient (Wildman–Crippen LogP) is 1.19. The van der Waals surface area contributed by atoms with Crippen molar-refractivity contribution < 1.29 is 4.57 Å². The van der Waals surface area contributed by atoms with E-state index in [1.807, 2.05) is 12.1 Å². The lowest BCUT2D eigenvalue weighted by atomic mass is 10.2. The van der Waals surface area contributed by atoms with Crippen molar-refractivity contribution in [1.29, 1.82) is 0 Å². The summed E-state index contributed by atoms with van der Waals surface area (Å²) >= 11 is 11.9. The van der Waals surface area contributed by atoms with E-state index in [0.717, 1.165) is 5.56 Å². The molecule has 102 valence electrons. The Morgan fingerprint density at radius 1 is 1.00 bits per heavy atom. The summed E-state index contributed by atoms with van der Waals surface area (Å²) in [5.74, 6) is 0. The van der Waals surface area contributed by atoms with Crippen molar-refractivity contribution >= 4 is 34.4 Å². The minimum atomic E-state index is -0.584. The Balaban J connectivity index is 2.16. The highest BCUT2D eigenvalue weighted by Gasteiger charge is 2.21. The SMILES string of the molecule is O=c1[nH]c(=O)c2c([nH]c(Cl)[n+]2Cc2ccc(Cl)cc2)[nH]1. The van der Waals surface area contributed by atoms with Crippen LogP contribution in [0.15, 0.2) is 33.9 Å². The zero-order valence-electron chi connectivity index (χ0n) is 10.0. The number of benzene rings is 1. The third-order valence-corrected chi connectivity index (χ3v) is 3.46. The van der Waals surface area contributed by atoms with E-state index in [4.69, 9.17) is 23.2 Å². The van der Waals surface area contributed by atoms with Gasteiger partial charge < -0.3 is 0 Å². The smallest absolute Gasteiger partial charge is 0.270 e. The predicted molar refractivity (Wildman–Crippen MR) is 75.3 cm³/mol. The molecule has 0 amide bonds. The summed E-state index contributed by atoms with van der Waals surface area (Å²) in [7, 11) is 0. The van der Waals surface area contributed by atoms with Crippen molar-refractivity contribution in [3.8, 4) is 0 Å². The quantitative estimate of drug-likeness (QED) is 0.490. The molecule has 2 aromatic heterocycles. The minimum absolute atomic E-state index is 0.252. The molecule has 8 heteroatoms. The molecule has 0 saturated carbocycles. The average Bonchev–Trinajstić information content (AvgIpc) is 2.68. The molecule has 0 saturated heterocycles. The highest BCUT2D eigenvalue weighted by Crippen LogP contribution is 2.11. The number of nitrogens with zero attached hydrogens (tertiary/aromatic N) is 1. The number of imidazole rings is 1. The summed E-state index contributed by atoms with van der Waals surface area (Å²) in [6.07, 6.45) is 0. The van der Waals surface area contributed by atoms with Gasteiger partial charge in [0.05, 0.1) is 0 Å². The molecular weight excluding hydrogens is 303 g/mol. The van der Waals surface area contributed by atoms with E-state index in [9.17, 15) is 9.59 Å². The summed E-state index contributed by atoms with van der Waals surface area (Å²) in [6.45, 7) is 0.380. The van der Waals surface area contributed by atoms with E-state index in [2.05, 4.69) is 15.0 Å². The van der Waals surface area contributed by atoms with Gasteiger partial charge in [-0.25, -0.2) is 14.3 Å². The van der Waals surface area contributed by atoms with Crippen molar-refractivity contribution in [3.63, 3.8) is 0 Å². The molecule has 1 aromatic carbocycles. The molecule has 2 heterocycles. The van der Waals surface area contributed by atoms with Gasteiger partial charge in [0.15, 0.2) is 0 Å². The van der Waals surface area contributed by atoms with Crippen LogP contribution in [0.4, 0.5) is 0 Å². The van der Waals surface area contributed by atoms with E-state index in [1.165, 1.54) is 0 Å². The number of nitrogens with one attached hydrogen (secondary N) is 3. The third kappa shape index (κ3) is 2.23. The average molecular weight is 312 g/mol. The molecule has 3 N–H and O–H groups in total. The number of aromatic nitrogens is 4. The van der Waals surface area contributed by atoms with E-state index in [1.54, 1.807) is 16.7 Å². The van der Waals surface area contributed by atoms with Gasteiger partial charge in [0, 0.05) is 16.6 Å². The van der Waals surface area contributed by atoms with Crippen molar-refractivity contribution in [1.82, 2.24) is 15.0 Å². The van der Waals surface area contributed by atoms with Gasteiger partial charge in [0.2, 0.25) is 0 Å². The van der Waals surface area contributed by atoms with Crippen LogP contribution in [0.1, 0.15) is 5.56 Å². The highest BCUT2D eigenvalue weighted by molar-refractivity contribution is 6.30. The number of rotatable bonds is 2. The molecule has 0 bridgehead atoms. The molecule has 0 atom stereocenters. The monoisotopic (exact) mass is 311 g/mol. The molecule has 0 fully saturated rings. The van der Waals surface area contributed by atoms with Crippen molar-refractivity contribution in [2.45, 2.75) is 6.54 Å². The Kier molecular flexibility index (Phi) is 3.11. The van der Waals surface area contributed by atoms with E-state index >= 15 is 0 Å². The van der Waals surface area contributed by atoms with Gasteiger partial charge in [-0.15, -0.1) is 0 Å². The molecule has 0 unspecified atom stereocenters. The second-order valence-corrected chi connectivity index (χ2v) is 5.05. The van der Waals surface area contributed by atoms with Crippen LogP contribution in [0.2, 0.25) is 10.3 Å². The number of fused-ring (bicyclic) bond motifs is 1. The first kappa shape index (κ1) is 13.0. The maximum atomic E-state index is 11.9. The van der Waals surface area contributed by atoms with E-state index in [0.29, 0.717) is 11.6 Å². The molecule has 0 aliphatic heterocycles. The van der Waals surface area contributed by atoms with Crippen LogP contribution in [0.5, 0.6) is 0 Å².